The van der Waals surface area contributed by atoms with Crippen molar-refractivity contribution in [1.82, 2.24) is 10.3 Å². The summed E-state index contributed by atoms with van der Waals surface area (Å²) in [5.41, 5.74) is 1.24. The molecule has 0 spiro atoms. The molecule has 0 aliphatic carbocycles. The maximum atomic E-state index is 4.54. The number of thiophene rings is 1. The molecule has 2 aromatic rings. The molecule has 0 saturated carbocycles. The minimum Gasteiger partial charge on any atom is -0.356 e. The summed E-state index contributed by atoms with van der Waals surface area (Å²) in [6.07, 6.45) is 2.92. The van der Waals surface area contributed by atoms with Gasteiger partial charge in [0.1, 0.15) is 5.82 Å². The molecular weight excluding hydrogens is 254 g/mol. The van der Waals surface area contributed by atoms with E-state index < -0.39 is 0 Å². The zero-order valence-corrected chi connectivity index (χ0v) is 12.6. The summed E-state index contributed by atoms with van der Waals surface area (Å²) in [6, 6.07) is 8.87. The van der Waals surface area contributed by atoms with E-state index in [9.17, 15) is 0 Å². The van der Waals surface area contributed by atoms with Crippen molar-refractivity contribution >= 4 is 17.2 Å². The fourth-order valence-electron chi connectivity index (χ4n) is 2.14. The highest BCUT2D eigenvalue weighted by Crippen LogP contribution is 2.21. The Bertz CT molecular complexity index is 496. The maximum Gasteiger partial charge on any atom is 0.133 e. The number of hydrogen-bond donors (Lipinski definition) is 1. The summed E-state index contributed by atoms with van der Waals surface area (Å²) >= 11 is 1.82. The molecular formula is C15H21N3S. The molecule has 1 N–H and O–H groups in total. The number of likely N-dealkylation sites (N-methyl/N-ethyl adjacent to an activating group) is 1. The Morgan fingerprint density at radius 3 is 2.89 bits per heavy atom. The van der Waals surface area contributed by atoms with Crippen molar-refractivity contribution in [2.24, 2.45) is 0 Å². The van der Waals surface area contributed by atoms with Crippen LogP contribution in [0, 0.1) is 0 Å². The Morgan fingerprint density at radius 1 is 1.37 bits per heavy atom. The third-order valence-electron chi connectivity index (χ3n) is 3.31. The van der Waals surface area contributed by atoms with Gasteiger partial charge in [0.05, 0.1) is 0 Å². The molecule has 4 heteroatoms. The van der Waals surface area contributed by atoms with Crippen LogP contribution in [0.4, 0.5) is 5.82 Å². The third kappa shape index (κ3) is 3.55. The average molecular weight is 275 g/mol. The summed E-state index contributed by atoms with van der Waals surface area (Å²) in [5, 5.41) is 5.33. The Labute approximate surface area is 119 Å². The molecule has 0 fully saturated rings. The van der Waals surface area contributed by atoms with Crippen LogP contribution in [0.15, 0.2) is 35.8 Å². The lowest BCUT2D eigenvalue weighted by atomic mass is 10.1. The number of pyridine rings is 1. The number of rotatable bonds is 6. The summed E-state index contributed by atoms with van der Waals surface area (Å²) in [5.74, 6) is 1.07. The predicted molar refractivity (Wildman–Crippen MR) is 82.9 cm³/mol. The van der Waals surface area contributed by atoms with Gasteiger partial charge in [0.2, 0.25) is 0 Å². The molecule has 0 aliphatic rings. The van der Waals surface area contributed by atoms with E-state index in [4.69, 9.17) is 0 Å². The van der Waals surface area contributed by atoms with E-state index in [0.29, 0.717) is 6.04 Å². The minimum atomic E-state index is 0.434. The summed E-state index contributed by atoms with van der Waals surface area (Å²) in [4.78, 5) is 8.23. The van der Waals surface area contributed by atoms with Crippen molar-refractivity contribution in [3.63, 3.8) is 0 Å². The molecule has 0 bridgehead atoms. The summed E-state index contributed by atoms with van der Waals surface area (Å²) in [6.45, 7) is 3.09. The van der Waals surface area contributed by atoms with Crippen LogP contribution in [0.5, 0.6) is 0 Å². The first kappa shape index (κ1) is 14.0. The van der Waals surface area contributed by atoms with Gasteiger partial charge in [0, 0.05) is 42.7 Å². The average Bonchev–Trinajstić information content (AvgIpc) is 2.92. The van der Waals surface area contributed by atoms with Crippen molar-refractivity contribution in [1.29, 1.82) is 0 Å². The monoisotopic (exact) mass is 275 g/mol. The van der Waals surface area contributed by atoms with E-state index in [0.717, 1.165) is 18.8 Å². The zero-order valence-electron chi connectivity index (χ0n) is 11.8. The Kier molecular flexibility index (Phi) is 4.93. The number of nitrogens with zero attached hydrogens (tertiary/aromatic N) is 2. The molecule has 0 aromatic carbocycles. The van der Waals surface area contributed by atoms with Crippen LogP contribution in [0.2, 0.25) is 0 Å². The van der Waals surface area contributed by atoms with Crippen LogP contribution < -0.4 is 10.2 Å². The van der Waals surface area contributed by atoms with Gasteiger partial charge < -0.3 is 10.2 Å². The summed E-state index contributed by atoms with van der Waals surface area (Å²) in [7, 11) is 4.09. The van der Waals surface area contributed by atoms with E-state index >= 15 is 0 Å². The molecule has 0 aliphatic heterocycles. The second kappa shape index (κ2) is 6.68. The first-order valence-corrected chi connectivity index (χ1v) is 7.44. The van der Waals surface area contributed by atoms with Gasteiger partial charge in [0.15, 0.2) is 0 Å². The van der Waals surface area contributed by atoms with E-state index in [1.165, 1.54) is 10.4 Å². The van der Waals surface area contributed by atoms with Crippen LogP contribution in [0.25, 0.3) is 0 Å². The van der Waals surface area contributed by atoms with Crippen molar-refractivity contribution in [2.45, 2.75) is 25.9 Å². The molecule has 102 valence electrons. The smallest absolute Gasteiger partial charge is 0.133 e. The van der Waals surface area contributed by atoms with Crippen LogP contribution in [-0.2, 0) is 13.0 Å². The minimum absolute atomic E-state index is 0.434. The van der Waals surface area contributed by atoms with Crippen LogP contribution >= 0.6 is 11.3 Å². The first-order chi connectivity index (χ1) is 9.22. The largest absolute Gasteiger partial charge is 0.356 e. The lowest BCUT2D eigenvalue weighted by Crippen LogP contribution is -2.32. The fraction of sp³-hybridized carbons (Fsp3) is 0.400. The predicted octanol–water partition coefficient (Wildman–Crippen LogP) is 2.93. The van der Waals surface area contributed by atoms with Gasteiger partial charge in [-0.25, -0.2) is 4.98 Å². The second-order valence-corrected chi connectivity index (χ2v) is 5.79. The molecule has 1 unspecified atom stereocenters. The van der Waals surface area contributed by atoms with Gasteiger partial charge in [-0.1, -0.05) is 12.1 Å². The molecule has 19 heavy (non-hydrogen) atoms. The summed E-state index contributed by atoms with van der Waals surface area (Å²) < 4.78 is 0. The Hall–Kier alpha value is -1.39. The number of nitrogens with one attached hydrogen (secondary N) is 1. The van der Waals surface area contributed by atoms with Crippen LogP contribution in [-0.4, -0.2) is 25.1 Å². The lowest BCUT2D eigenvalue weighted by Gasteiger charge is -2.27. The van der Waals surface area contributed by atoms with E-state index in [2.05, 4.69) is 52.8 Å². The first-order valence-electron chi connectivity index (χ1n) is 6.56. The van der Waals surface area contributed by atoms with Crippen molar-refractivity contribution in [3.05, 3.63) is 46.3 Å². The third-order valence-corrected chi connectivity index (χ3v) is 4.21. The van der Waals surface area contributed by atoms with Crippen molar-refractivity contribution < 1.29 is 0 Å². The normalized spacial score (nSPS) is 12.4. The van der Waals surface area contributed by atoms with E-state index in [1.54, 1.807) is 0 Å². The molecule has 0 saturated heterocycles. The highest BCUT2D eigenvalue weighted by Gasteiger charge is 2.15. The topological polar surface area (TPSA) is 28.2 Å². The van der Waals surface area contributed by atoms with E-state index in [-0.39, 0.29) is 0 Å². The molecule has 3 nitrogen and oxygen atoms in total. The Morgan fingerprint density at radius 2 is 2.21 bits per heavy atom. The van der Waals surface area contributed by atoms with E-state index in [1.807, 2.05) is 30.6 Å². The molecule has 0 radical (unpaired) electrons. The second-order valence-electron chi connectivity index (χ2n) is 4.76. The van der Waals surface area contributed by atoms with Gasteiger partial charge in [-0.3, -0.25) is 0 Å². The highest BCUT2D eigenvalue weighted by molar-refractivity contribution is 7.09. The molecule has 0 amide bonds. The fourth-order valence-corrected chi connectivity index (χ4v) is 2.97. The lowest BCUT2D eigenvalue weighted by molar-refractivity contribution is 0.672. The van der Waals surface area contributed by atoms with Gasteiger partial charge in [0.25, 0.3) is 0 Å². The molecule has 2 heterocycles. The van der Waals surface area contributed by atoms with Crippen LogP contribution in [0.3, 0.4) is 0 Å². The molecule has 2 rings (SSSR count). The maximum absolute atomic E-state index is 4.54. The van der Waals surface area contributed by atoms with Gasteiger partial charge >= 0.3 is 0 Å². The molecule has 2 aromatic heterocycles. The quantitative estimate of drug-likeness (QED) is 0.878. The van der Waals surface area contributed by atoms with Crippen LogP contribution in [0.1, 0.15) is 17.4 Å². The number of hydrogen-bond acceptors (Lipinski definition) is 4. The van der Waals surface area contributed by atoms with Crippen molar-refractivity contribution in [3.8, 4) is 0 Å². The highest BCUT2D eigenvalue weighted by atomic mass is 32.1. The standard InChI is InChI=1S/C15H21N3S/c1-12(10-14-7-5-9-19-14)18(3)15-13(11-16-2)6-4-8-17-15/h4-9,12,16H,10-11H2,1-3H3. The Balaban J connectivity index is 2.12. The zero-order chi connectivity index (χ0) is 13.7. The van der Waals surface area contributed by atoms with Gasteiger partial charge in [-0.05, 0) is 31.5 Å². The van der Waals surface area contributed by atoms with Gasteiger partial charge in [-0.15, -0.1) is 11.3 Å². The van der Waals surface area contributed by atoms with Gasteiger partial charge in [-0.2, -0.15) is 0 Å². The van der Waals surface area contributed by atoms with Crippen molar-refractivity contribution in [2.75, 3.05) is 19.0 Å². The number of aromatic nitrogens is 1. The molecule has 1 atom stereocenters. The number of anilines is 1. The SMILES string of the molecule is CNCc1cccnc1N(C)C(C)Cc1cccs1.